The topological polar surface area (TPSA) is 26.0 Å². The van der Waals surface area contributed by atoms with E-state index in [0.29, 0.717) is 0 Å². The lowest BCUT2D eigenvalue weighted by atomic mass is 10.1. The Hall–Kier alpha value is -0.160. The lowest BCUT2D eigenvalue weighted by Crippen LogP contribution is -2.10. The van der Waals surface area contributed by atoms with Gasteiger partial charge >= 0.3 is 0 Å². The van der Waals surface area contributed by atoms with Gasteiger partial charge in [0.2, 0.25) is 0 Å². The molecule has 4 heteroatoms. The van der Waals surface area contributed by atoms with E-state index in [2.05, 4.69) is 57.0 Å². The lowest BCUT2D eigenvalue weighted by Gasteiger charge is -2.10. The molecule has 1 nitrogen and oxygen atoms in total. The average molecular weight is 361 g/mol. The minimum atomic E-state index is -0.0545. The van der Waals surface area contributed by atoms with Crippen LogP contribution in [0.25, 0.3) is 0 Å². The Kier molecular flexibility index (Phi) is 3.85. The van der Waals surface area contributed by atoms with Crippen LogP contribution in [0.1, 0.15) is 21.4 Å². The van der Waals surface area contributed by atoms with Crippen molar-refractivity contribution < 1.29 is 0 Å². The number of nitrogens with two attached hydrogens (primary N) is 1. The fraction of sp³-hybridized carbons (Fsp3) is 0.167. The van der Waals surface area contributed by atoms with E-state index in [1.807, 2.05) is 12.1 Å². The fourth-order valence-electron chi connectivity index (χ4n) is 1.53. The highest BCUT2D eigenvalue weighted by molar-refractivity contribution is 9.10. The van der Waals surface area contributed by atoms with Gasteiger partial charge in [-0.05, 0) is 46.6 Å². The third kappa shape index (κ3) is 2.56. The first kappa shape index (κ1) is 12.3. The van der Waals surface area contributed by atoms with Crippen molar-refractivity contribution in [2.45, 2.75) is 13.0 Å². The van der Waals surface area contributed by atoms with Gasteiger partial charge in [-0.3, -0.25) is 0 Å². The molecule has 0 spiro atoms. The second kappa shape index (κ2) is 5.00. The van der Waals surface area contributed by atoms with Gasteiger partial charge in [-0.25, -0.2) is 0 Å². The summed E-state index contributed by atoms with van der Waals surface area (Å²) in [5.74, 6) is 0. The van der Waals surface area contributed by atoms with E-state index in [9.17, 15) is 0 Å². The molecule has 2 rings (SSSR count). The zero-order valence-corrected chi connectivity index (χ0v) is 12.7. The predicted molar refractivity (Wildman–Crippen MR) is 76.9 cm³/mol. The number of benzene rings is 1. The van der Waals surface area contributed by atoms with E-state index < -0.39 is 0 Å². The van der Waals surface area contributed by atoms with Crippen LogP contribution in [0.2, 0.25) is 0 Å². The molecule has 1 atom stereocenters. The molecule has 0 fully saturated rings. The maximum absolute atomic E-state index is 6.25. The number of aryl methyl sites for hydroxylation is 1. The minimum Gasteiger partial charge on any atom is -0.320 e. The summed E-state index contributed by atoms with van der Waals surface area (Å²) in [6.07, 6.45) is 0. The summed E-state index contributed by atoms with van der Waals surface area (Å²) in [6.45, 7) is 2.09. The van der Waals surface area contributed by atoms with Crippen LogP contribution in [0.15, 0.2) is 39.3 Å². The summed E-state index contributed by atoms with van der Waals surface area (Å²) < 4.78 is 2.18. The predicted octanol–water partition coefficient (Wildman–Crippen LogP) is 4.63. The Bertz CT molecular complexity index is 490. The zero-order valence-electron chi connectivity index (χ0n) is 8.71. The highest BCUT2D eigenvalue weighted by Gasteiger charge is 2.14. The monoisotopic (exact) mass is 359 g/mol. The fourth-order valence-corrected chi connectivity index (χ4v) is 3.73. The van der Waals surface area contributed by atoms with E-state index in [1.165, 1.54) is 9.75 Å². The van der Waals surface area contributed by atoms with E-state index in [4.69, 9.17) is 5.73 Å². The van der Waals surface area contributed by atoms with Crippen molar-refractivity contribution in [2.75, 3.05) is 0 Å². The average Bonchev–Trinajstić information content (AvgIpc) is 2.58. The third-order valence-electron chi connectivity index (χ3n) is 2.35. The van der Waals surface area contributed by atoms with Gasteiger partial charge in [0.05, 0.1) is 6.04 Å². The molecule has 0 aliphatic rings. The molecule has 1 aromatic heterocycles. The summed E-state index contributed by atoms with van der Waals surface area (Å²) in [4.78, 5) is 2.45. The second-order valence-electron chi connectivity index (χ2n) is 3.60. The van der Waals surface area contributed by atoms with Crippen molar-refractivity contribution >= 4 is 43.2 Å². The summed E-state index contributed by atoms with van der Waals surface area (Å²) in [5.41, 5.74) is 7.38. The molecule has 0 saturated heterocycles. The van der Waals surface area contributed by atoms with Crippen molar-refractivity contribution in [3.05, 3.63) is 54.6 Å². The van der Waals surface area contributed by atoms with Crippen LogP contribution in [-0.2, 0) is 0 Å². The Morgan fingerprint density at radius 2 is 1.81 bits per heavy atom. The van der Waals surface area contributed by atoms with Crippen LogP contribution in [0.3, 0.4) is 0 Å². The maximum Gasteiger partial charge on any atom is 0.0657 e. The lowest BCUT2D eigenvalue weighted by molar-refractivity contribution is 0.888. The van der Waals surface area contributed by atoms with Crippen LogP contribution >= 0.6 is 43.2 Å². The molecule has 0 saturated carbocycles. The molecule has 2 N–H and O–H groups in total. The molecule has 16 heavy (non-hydrogen) atoms. The Labute approximate surface area is 116 Å². The van der Waals surface area contributed by atoms with Crippen molar-refractivity contribution in [3.8, 4) is 0 Å². The van der Waals surface area contributed by atoms with E-state index in [-0.39, 0.29) is 6.04 Å². The first-order chi connectivity index (χ1) is 7.58. The zero-order chi connectivity index (χ0) is 11.7. The quantitative estimate of drug-likeness (QED) is 0.830. The maximum atomic E-state index is 6.25. The van der Waals surface area contributed by atoms with Crippen LogP contribution in [0.4, 0.5) is 0 Å². The van der Waals surface area contributed by atoms with Crippen LogP contribution in [0.5, 0.6) is 0 Å². The summed E-state index contributed by atoms with van der Waals surface area (Å²) in [5, 5.41) is 0. The first-order valence-corrected chi connectivity index (χ1v) is 7.25. The van der Waals surface area contributed by atoms with E-state index in [1.54, 1.807) is 11.3 Å². The van der Waals surface area contributed by atoms with Crippen LogP contribution < -0.4 is 5.73 Å². The summed E-state index contributed by atoms with van der Waals surface area (Å²) >= 11 is 8.71. The van der Waals surface area contributed by atoms with Crippen molar-refractivity contribution in [3.63, 3.8) is 0 Å². The molecule has 0 amide bonds. The Morgan fingerprint density at radius 3 is 2.31 bits per heavy atom. The number of hydrogen-bond donors (Lipinski definition) is 1. The normalized spacial score (nSPS) is 12.8. The highest BCUT2D eigenvalue weighted by atomic mass is 79.9. The third-order valence-corrected chi connectivity index (χ3v) is 4.93. The molecule has 1 unspecified atom stereocenters. The molecule has 0 aliphatic heterocycles. The molecular weight excluding hydrogens is 350 g/mol. The number of halogens is 2. The summed E-state index contributed by atoms with van der Waals surface area (Å²) in [7, 11) is 0. The minimum absolute atomic E-state index is 0.0545. The standard InChI is InChI=1S/C12H11Br2NS/c1-7-6-10(14)12(16-7)11(15)8-2-4-9(13)5-3-8/h2-6,11H,15H2,1H3. The molecular formula is C12H11Br2NS. The largest absolute Gasteiger partial charge is 0.320 e. The highest BCUT2D eigenvalue weighted by Crippen LogP contribution is 2.34. The first-order valence-electron chi connectivity index (χ1n) is 4.85. The summed E-state index contributed by atoms with van der Waals surface area (Å²) in [6, 6.07) is 10.2. The Morgan fingerprint density at radius 1 is 1.19 bits per heavy atom. The number of thiophene rings is 1. The number of hydrogen-bond acceptors (Lipinski definition) is 2. The molecule has 0 bridgehead atoms. The molecule has 2 aromatic rings. The van der Waals surface area contributed by atoms with Crippen molar-refractivity contribution in [2.24, 2.45) is 5.73 Å². The van der Waals surface area contributed by atoms with Gasteiger partial charge in [0.25, 0.3) is 0 Å². The van der Waals surface area contributed by atoms with Gasteiger partial charge < -0.3 is 5.73 Å². The van der Waals surface area contributed by atoms with Gasteiger partial charge in [0, 0.05) is 18.7 Å². The Balaban J connectivity index is 2.35. The van der Waals surface area contributed by atoms with Gasteiger partial charge in [-0.2, -0.15) is 0 Å². The molecule has 0 radical (unpaired) electrons. The number of rotatable bonds is 2. The van der Waals surface area contributed by atoms with Gasteiger partial charge in [0.1, 0.15) is 0 Å². The molecule has 0 aliphatic carbocycles. The van der Waals surface area contributed by atoms with Crippen molar-refractivity contribution in [1.29, 1.82) is 0 Å². The van der Waals surface area contributed by atoms with Gasteiger partial charge in [-0.15, -0.1) is 11.3 Å². The molecule has 84 valence electrons. The van der Waals surface area contributed by atoms with Crippen LogP contribution in [-0.4, -0.2) is 0 Å². The van der Waals surface area contributed by atoms with E-state index in [0.717, 1.165) is 14.5 Å². The smallest absolute Gasteiger partial charge is 0.0657 e. The molecule has 1 heterocycles. The SMILES string of the molecule is Cc1cc(Br)c(C(N)c2ccc(Br)cc2)s1. The van der Waals surface area contributed by atoms with Crippen molar-refractivity contribution in [1.82, 2.24) is 0 Å². The van der Waals surface area contributed by atoms with Crippen LogP contribution in [0, 0.1) is 6.92 Å². The van der Waals surface area contributed by atoms with Gasteiger partial charge in [-0.1, -0.05) is 28.1 Å². The second-order valence-corrected chi connectivity index (χ2v) is 6.66. The van der Waals surface area contributed by atoms with E-state index >= 15 is 0 Å². The molecule has 1 aromatic carbocycles. The van der Waals surface area contributed by atoms with Gasteiger partial charge in [0.15, 0.2) is 0 Å².